The number of hydrogen-bond donors (Lipinski definition) is 1. The summed E-state index contributed by atoms with van der Waals surface area (Å²) in [5, 5.41) is 4.11. The molecule has 1 fully saturated rings. The molecule has 4 rings (SSSR count). The number of hydrogen-bond acceptors (Lipinski definition) is 5. The van der Waals surface area contributed by atoms with Gasteiger partial charge in [-0.2, -0.15) is 0 Å². The van der Waals surface area contributed by atoms with Crippen molar-refractivity contribution < 1.29 is 9.53 Å². The number of rotatable bonds is 7. The summed E-state index contributed by atoms with van der Waals surface area (Å²) in [7, 11) is 1.67. The normalized spacial score (nSPS) is 16.2. The van der Waals surface area contributed by atoms with Crippen LogP contribution in [0.4, 0.5) is 5.82 Å². The van der Waals surface area contributed by atoms with E-state index in [9.17, 15) is 4.79 Å². The molecule has 1 amide bonds. The number of fused-ring (bicyclic) bond motifs is 1. The van der Waals surface area contributed by atoms with Crippen LogP contribution in [-0.4, -0.2) is 42.1 Å². The molecule has 0 aliphatic carbocycles. The predicted molar refractivity (Wildman–Crippen MR) is 114 cm³/mol. The molecule has 0 saturated carbocycles. The fourth-order valence-corrected chi connectivity index (χ4v) is 3.93. The molecule has 6 nitrogen and oxygen atoms in total. The first-order valence-electron chi connectivity index (χ1n) is 10.1. The van der Waals surface area contributed by atoms with Gasteiger partial charge in [-0.1, -0.05) is 24.3 Å². The van der Waals surface area contributed by atoms with E-state index in [2.05, 4.69) is 32.3 Å². The molecule has 3 aromatic rings. The van der Waals surface area contributed by atoms with Gasteiger partial charge in [-0.15, -0.1) is 0 Å². The highest BCUT2D eigenvalue weighted by atomic mass is 16.5. The Hall–Kier alpha value is -3.15. The number of methoxy groups -OCH3 is 1. The standard InChI is InChI=1S/C23H26N4O2/c1-29-18-12-10-17(11-13-18)6-4-14-24-23(28)21-9-5-15-27(21)22-19-7-2-3-8-20(19)25-16-26-22/h2-3,7-8,10-13,16,21H,4-6,9,14-15H2,1H3,(H,24,28)/t21-/m1/s1. The molecule has 1 atom stereocenters. The third-order valence-corrected chi connectivity index (χ3v) is 5.45. The number of anilines is 1. The van der Waals surface area contributed by atoms with Crippen molar-refractivity contribution in [3.05, 3.63) is 60.4 Å². The molecule has 0 spiro atoms. The summed E-state index contributed by atoms with van der Waals surface area (Å²) in [6, 6.07) is 15.9. The largest absolute Gasteiger partial charge is 0.497 e. The van der Waals surface area contributed by atoms with Crippen molar-refractivity contribution in [2.75, 3.05) is 25.1 Å². The number of carbonyl (C=O) groups is 1. The zero-order valence-electron chi connectivity index (χ0n) is 16.7. The molecule has 1 saturated heterocycles. The number of benzene rings is 2. The molecule has 2 heterocycles. The lowest BCUT2D eigenvalue weighted by molar-refractivity contribution is -0.122. The van der Waals surface area contributed by atoms with Crippen LogP contribution < -0.4 is 15.0 Å². The van der Waals surface area contributed by atoms with Crippen LogP contribution in [0.2, 0.25) is 0 Å². The highest BCUT2D eigenvalue weighted by molar-refractivity contribution is 5.93. The van der Waals surface area contributed by atoms with Crippen molar-refractivity contribution in [3.8, 4) is 5.75 Å². The SMILES string of the molecule is COc1ccc(CCCNC(=O)[C@H]2CCCN2c2ncnc3ccccc23)cc1. The average Bonchev–Trinajstić information content (AvgIpc) is 3.26. The number of aromatic nitrogens is 2. The van der Waals surface area contributed by atoms with Gasteiger partial charge >= 0.3 is 0 Å². The van der Waals surface area contributed by atoms with E-state index in [0.29, 0.717) is 6.54 Å². The molecule has 1 aliphatic heterocycles. The fraction of sp³-hybridized carbons (Fsp3) is 0.348. The maximum Gasteiger partial charge on any atom is 0.242 e. The predicted octanol–water partition coefficient (Wildman–Crippen LogP) is 3.36. The van der Waals surface area contributed by atoms with Crippen LogP contribution in [0.25, 0.3) is 10.9 Å². The number of nitrogens with one attached hydrogen (secondary N) is 1. The Labute approximate surface area is 170 Å². The molecule has 0 radical (unpaired) electrons. The van der Waals surface area contributed by atoms with Crippen LogP contribution in [0.1, 0.15) is 24.8 Å². The minimum atomic E-state index is -0.172. The van der Waals surface area contributed by atoms with Gasteiger partial charge in [0.25, 0.3) is 0 Å². The highest BCUT2D eigenvalue weighted by Gasteiger charge is 2.32. The van der Waals surface area contributed by atoms with Crippen molar-refractivity contribution in [3.63, 3.8) is 0 Å². The Balaban J connectivity index is 1.35. The Kier molecular flexibility index (Phi) is 5.89. The van der Waals surface area contributed by atoms with Crippen molar-refractivity contribution in [1.29, 1.82) is 0 Å². The second kappa shape index (κ2) is 8.90. The van der Waals surface area contributed by atoms with Crippen LogP contribution >= 0.6 is 0 Å². The van der Waals surface area contributed by atoms with Crippen LogP contribution in [0.3, 0.4) is 0 Å². The summed E-state index contributed by atoms with van der Waals surface area (Å²) in [5.41, 5.74) is 2.15. The summed E-state index contributed by atoms with van der Waals surface area (Å²) < 4.78 is 5.19. The quantitative estimate of drug-likeness (QED) is 0.627. The zero-order valence-corrected chi connectivity index (χ0v) is 16.7. The zero-order chi connectivity index (χ0) is 20.1. The average molecular weight is 390 g/mol. The third-order valence-electron chi connectivity index (χ3n) is 5.45. The topological polar surface area (TPSA) is 67.3 Å². The fourth-order valence-electron chi connectivity index (χ4n) is 3.93. The first-order chi connectivity index (χ1) is 14.3. The van der Waals surface area contributed by atoms with Crippen molar-refractivity contribution >= 4 is 22.6 Å². The Morgan fingerprint density at radius 1 is 1.17 bits per heavy atom. The molecular weight excluding hydrogens is 364 g/mol. The van der Waals surface area contributed by atoms with Crippen LogP contribution in [0.5, 0.6) is 5.75 Å². The van der Waals surface area contributed by atoms with Gasteiger partial charge in [-0.25, -0.2) is 9.97 Å². The van der Waals surface area contributed by atoms with E-state index in [1.54, 1.807) is 13.4 Å². The second-order valence-corrected chi connectivity index (χ2v) is 7.31. The summed E-state index contributed by atoms with van der Waals surface area (Å²) in [4.78, 5) is 23.8. The molecule has 2 aromatic carbocycles. The first-order valence-corrected chi connectivity index (χ1v) is 10.1. The van der Waals surface area contributed by atoms with Gasteiger partial charge in [0, 0.05) is 18.5 Å². The number of carbonyl (C=O) groups excluding carboxylic acids is 1. The van der Waals surface area contributed by atoms with Gasteiger partial charge in [-0.3, -0.25) is 4.79 Å². The first kappa shape index (κ1) is 19.2. The van der Waals surface area contributed by atoms with Crippen LogP contribution in [0.15, 0.2) is 54.9 Å². The molecule has 1 aromatic heterocycles. The lowest BCUT2D eigenvalue weighted by Crippen LogP contribution is -2.44. The van der Waals surface area contributed by atoms with E-state index in [4.69, 9.17) is 4.74 Å². The van der Waals surface area contributed by atoms with Crippen LogP contribution in [0, 0.1) is 0 Å². The molecule has 29 heavy (non-hydrogen) atoms. The Morgan fingerprint density at radius 2 is 2.00 bits per heavy atom. The van der Waals surface area contributed by atoms with E-state index in [0.717, 1.165) is 54.7 Å². The van der Waals surface area contributed by atoms with Gasteiger partial charge < -0.3 is 15.0 Å². The summed E-state index contributed by atoms with van der Waals surface area (Å²) in [5.74, 6) is 1.80. The summed E-state index contributed by atoms with van der Waals surface area (Å²) >= 11 is 0. The summed E-state index contributed by atoms with van der Waals surface area (Å²) in [6.45, 7) is 1.50. The molecule has 0 unspecified atom stereocenters. The Bertz CT molecular complexity index is 969. The summed E-state index contributed by atoms with van der Waals surface area (Å²) in [6.07, 6.45) is 5.25. The smallest absolute Gasteiger partial charge is 0.242 e. The Morgan fingerprint density at radius 3 is 2.83 bits per heavy atom. The van der Waals surface area contributed by atoms with E-state index >= 15 is 0 Å². The lowest BCUT2D eigenvalue weighted by Gasteiger charge is -2.25. The van der Waals surface area contributed by atoms with E-state index in [-0.39, 0.29) is 11.9 Å². The number of aryl methyl sites for hydroxylation is 1. The minimum Gasteiger partial charge on any atom is -0.497 e. The third kappa shape index (κ3) is 4.31. The number of nitrogens with zero attached hydrogens (tertiary/aromatic N) is 3. The molecule has 6 heteroatoms. The van der Waals surface area contributed by atoms with E-state index in [1.165, 1.54) is 5.56 Å². The van der Waals surface area contributed by atoms with Gasteiger partial charge in [0.1, 0.15) is 23.9 Å². The molecule has 150 valence electrons. The number of para-hydroxylation sites is 1. The van der Waals surface area contributed by atoms with Gasteiger partial charge in [0.15, 0.2) is 0 Å². The monoisotopic (exact) mass is 390 g/mol. The minimum absolute atomic E-state index is 0.0833. The molecule has 0 bridgehead atoms. The van der Waals surface area contributed by atoms with E-state index in [1.807, 2.05) is 36.4 Å². The van der Waals surface area contributed by atoms with Gasteiger partial charge in [0.05, 0.1) is 12.6 Å². The van der Waals surface area contributed by atoms with Gasteiger partial charge in [0.2, 0.25) is 5.91 Å². The maximum absolute atomic E-state index is 12.8. The second-order valence-electron chi connectivity index (χ2n) is 7.31. The van der Waals surface area contributed by atoms with Crippen LogP contribution in [-0.2, 0) is 11.2 Å². The van der Waals surface area contributed by atoms with Gasteiger partial charge in [-0.05, 0) is 55.5 Å². The molecule has 1 aliphatic rings. The highest BCUT2D eigenvalue weighted by Crippen LogP contribution is 2.29. The van der Waals surface area contributed by atoms with Crippen molar-refractivity contribution in [2.24, 2.45) is 0 Å². The lowest BCUT2D eigenvalue weighted by atomic mass is 10.1. The molecular formula is C23H26N4O2. The maximum atomic E-state index is 12.8. The van der Waals surface area contributed by atoms with E-state index < -0.39 is 0 Å². The number of amides is 1. The number of ether oxygens (including phenoxy) is 1. The van der Waals surface area contributed by atoms with Crippen molar-refractivity contribution in [2.45, 2.75) is 31.7 Å². The molecule has 1 N–H and O–H groups in total. The van der Waals surface area contributed by atoms with Crippen molar-refractivity contribution in [1.82, 2.24) is 15.3 Å².